The normalized spacial score (nSPS) is 13.0. The maximum Gasteiger partial charge on any atom is 0.107 e. The molecular weight excluding hydrogens is 136 g/mol. The summed E-state index contributed by atoms with van der Waals surface area (Å²) in [5.74, 6) is 3.22. The average molecular weight is 154 g/mol. The van der Waals surface area contributed by atoms with E-state index in [4.69, 9.17) is 11.2 Å². The van der Waals surface area contributed by atoms with Gasteiger partial charge in [0.25, 0.3) is 0 Å². The van der Waals surface area contributed by atoms with Gasteiger partial charge in [0.1, 0.15) is 6.61 Å². The second-order valence-corrected chi connectivity index (χ2v) is 3.30. The van der Waals surface area contributed by atoms with Crippen molar-refractivity contribution in [1.82, 2.24) is 0 Å². The lowest BCUT2D eigenvalue weighted by atomic mass is 10.1. The monoisotopic (exact) mass is 154 g/mol. The Labute approximate surface area is 70.1 Å². The number of rotatable bonds is 5. The highest BCUT2D eigenvalue weighted by Gasteiger charge is 2.02. The Kier molecular flexibility index (Phi) is 5.97. The van der Waals surface area contributed by atoms with E-state index in [0.29, 0.717) is 12.7 Å². The Hall–Kier alpha value is -0.480. The Morgan fingerprint density at radius 3 is 2.36 bits per heavy atom. The van der Waals surface area contributed by atoms with Crippen molar-refractivity contribution in [3.63, 3.8) is 0 Å². The fraction of sp³-hybridized carbons (Fsp3) is 0.800. The summed E-state index contributed by atoms with van der Waals surface area (Å²) in [6, 6.07) is 0. The summed E-state index contributed by atoms with van der Waals surface area (Å²) in [5.41, 5.74) is 0. The molecule has 1 atom stereocenters. The van der Waals surface area contributed by atoms with Crippen LogP contribution in [-0.2, 0) is 4.74 Å². The predicted molar refractivity (Wildman–Crippen MR) is 48.3 cm³/mol. The number of terminal acetylenes is 1. The second kappa shape index (κ2) is 6.24. The lowest BCUT2D eigenvalue weighted by Crippen LogP contribution is -2.09. The molecule has 0 aliphatic heterocycles. The molecule has 0 aromatic carbocycles. The molecule has 0 amide bonds. The lowest BCUT2D eigenvalue weighted by molar-refractivity contribution is 0.0813. The molecule has 0 heterocycles. The fourth-order valence-corrected chi connectivity index (χ4v) is 0.842. The molecular formula is C10H18O. The first-order chi connectivity index (χ1) is 5.16. The third kappa shape index (κ3) is 7.42. The molecule has 0 aliphatic carbocycles. The van der Waals surface area contributed by atoms with E-state index in [2.05, 4.69) is 26.7 Å². The first kappa shape index (κ1) is 10.5. The maximum absolute atomic E-state index is 5.31. The number of ether oxygens (including phenoxy) is 1. The molecule has 0 aromatic rings. The molecule has 0 aliphatic rings. The van der Waals surface area contributed by atoms with Gasteiger partial charge >= 0.3 is 0 Å². The van der Waals surface area contributed by atoms with E-state index in [1.54, 1.807) is 0 Å². The average Bonchev–Trinajstić information content (AvgIpc) is 1.97. The van der Waals surface area contributed by atoms with E-state index in [0.717, 1.165) is 12.3 Å². The fourth-order valence-electron chi connectivity index (χ4n) is 0.842. The van der Waals surface area contributed by atoms with Crippen molar-refractivity contribution in [2.75, 3.05) is 6.61 Å². The minimum Gasteiger partial charge on any atom is -0.366 e. The van der Waals surface area contributed by atoms with Crippen molar-refractivity contribution in [3.05, 3.63) is 0 Å². The summed E-state index contributed by atoms with van der Waals surface area (Å²) >= 11 is 0. The van der Waals surface area contributed by atoms with Gasteiger partial charge in [-0.15, -0.1) is 6.42 Å². The topological polar surface area (TPSA) is 9.23 Å². The zero-order chi connectivity index (χ0) is 8.69. The highest BCUT2D eigenvalue weighted by Crippen LogP contribution is 2.08. The van der Waals surface area contributed by atoms with Crippen LogP contribution in [-0.4, -0.2) is 12.7 Å². The van der Waals surface area contributed by atoms with Gasteiger partial charge in [-0.05, 0) is 25.7 Å². The van der Waals surface area contributed by atoms with E-state index >= 15 is 0 Å². The highest BCUT2D eigenvalue weighted by molar-refractivity contribution is 4.83. The molecule has 0 aromatic heterocycles. The van der Waals surface area contributed by atoms with Gasteiger partial charge in [0.15, 0.2) is 0 Å². The molecule has 1 unspecified atom stereocenters. The summed E-state index contributed by atoms with van der Waals surface area (Å²) in [6.45, 7) is 6.95. The Morgan fingerprint density at radius 2 is 1.91 bits per heavy atom. The van der Waals surface area contributed by atoms with Gasteiger partial charge in [0.05, 0.1) is 6.10 Å². The van der Waals surface area contributed by atoms with Gasteiger partial charge in [-0.25, -0.2) is 0 Å². The van der Waals surface area contributed by atoms with Crippen LogP contribution in [0.3, 0.4) is 0 Å². The largest absolute Gasteiger partial charge is 0.366 e. The van der Waals surface area contributed by atoms with Crippen molar-refractivity contribution in [1.29, 1.82) is 0 Å². The Morgan fingerprint density at radius 1 is 1.27 bits per heavy atom. The summed E-state index contributed by atoms with van der Waals surface area (Å²) < 4.78 is 5.31. The molecule has 11 heavy (non-hydrogen) atoms. The van der Waals surface area contributed by atoms with Gasteiger partial charge in [0, 0.05) is 0 Å². The van der Waals surface area contributed by atoms with Crippen LogP contribution >= 0.6 is 0 Å². The standard InChI is InChI=1S/C10H18O/c1-5-8-11-10(4)7-6-9(2)3/h1,9-10H,6-8H2,2-4H3. The molecule has 0 bridgehead atoms. The Bertz CT molecular complexity index is 121. The van der Waals surface area contributed by atoms with Gasteiger partial charge < -0.3 is 4.74 Å². The molecule has 0 saturated heterocycles. The molecule has 64 valence electrons. The summed E-state index contributed by atoms with van der Waals surface area (Å²) in [4.78, 5) is 0. The van der Waals surface area contributed by atoms with Crippen LogP contribution in [0, 0.1) is 18.3 Å². The zero-order valence-electron chi connectivity index (χ0n) is 7.76. The predicted octanol–water partition coefficient (Wildman–Crippen LogP) is 2.46. The summed E-state index contributed by atoms with van der Waals surface area (Å²) in [7, 11) is 0. The van der Waals surface area contributed by atoms with Crippen LogP contribution < -0.4 is 0 Å². The number of hydrogen-bond donors (Lipinski definition) is 0. The van der Waals surface area contributed by atoms with Crippen molar-refractivity contribution >= 4 is 0 Å². The van der Waals surface area contributed by atoms with Crippen LogP contribution in [0.4, 0.5) is 0 Å². The molecule has 0 fully saturated rings. The lowest BCUT2D eigenvalue weighted by Gasteiger charge is -2.11. The minimum atomic E-state index is 0.313. The SMILES string of the molecule is C#CCOC(C)CCC(C)C. The third-order valence-corrected chi connectivity index (χ3v) is 1.60. The van der Waals surface area contributed by atoms with Crippen molar-refractivity contribution in [2.45, 2.75) is 39.7 Å². The van der Waals surface area contributed by atoms with Crippen LogP contribution in [0.15, 0.2) is 0 Å². The molecule has 1 heteroatoms. The molecule has 0 N–H and O–H groups in total. The van der Waals surface area contributed by atoms with E-state index in [-0.39, 0.29) is 0 Å². The van der Waals surface area contributed by atoms with Crippen LogP contribution in [0.25, 0.3) is 0 Å². The third-order valence-electron chi connectivity index (χ3n) is 1.60. The maximum atomic E-state index is 5.31. The Balaban J connectivity index is 3.23. The van der Waals surface area contributed by atoms with E-state index < -0.39 is 0 Å². The van der Waals surface area contributed by atoms with Crippen molar-refractivity contribution in [3.8, 4) is 12.3 Å². The van der Waals surface area contributed by atoms with E-state index in [9.17, 15) is 0 Å². The first-order valence-corrected chi connectivity index (χ1v) is 4.22. The zero-order valence-corrected chi connectivity index (χ0v) is 7.76. The van der Waals surface area contributed by atoms with Gasteiger partial charge in [-0.1, -0.05) is 19.8 Å². The van der Waals surface area contributed by atoms with Gasteiger partial charge in [-0.2, -0.15) is 0 Å². The van der Waals surface area contributed by atoms with Gasteiger partial charge in [-0.3, -0.25) is 0 Å². The van der Waals surface area contributed by atoms with Crippen LogP contribution in [0.2, 0.25) is 0 Å². The smallest absolute Gasteiger partial charge is 0.107 e. The molecule has 0 rings (SSSR count). The second-order valence-electron chi connectivity index (χ2n) is 3.30. The van der Waals surface area contributed by atoms with Crippen molar-refractivity contribution < 1.29 is 4.74 Å². The molecule has 0 spiro atoms. The molecule has 1 nitrogen and oxygen atoms in total. The highest BCUT2D eigenvalue weighted by atomic mass is 16.5. The van der Waals surface area contributed by atoms with Crippen LogP contribution in [0.5, 0.6) is 0 Å². The van der Waals surface area contributed by atoms with E-state index in [1.165, 1.54) is 6.42 Å². The summed E-state index contributed by atoms with van der Waals surface area (Å²) in [6.07, 6.45) is 7.70. The minimum absolute atomic E-state index is 0.313. The first-order valence-electron chi connectivity index (χ1n) is 4.22. The van der Waals surface area contributed by atoms with Crippen LogP contribution in [0.1, 0.15) is 33.6 Å². The molecule has 0 radical (unpaired) electrons. The quantitative estimate of drug-likeness (QED) is 0.553. The summed E-state index contributed by atoms with van der Waals surface area (Å²) in [5, 5.41) is 0. The van der Waals surface area contributed by atoms with E-state index in [1.807, 2.05) is 0 Å². The van der Waals surface area contributed by atoms with Crippen molar-refractivity contribution in [2.24, 2.45) is 5.92 Å². The molecule has 0 saturated carbocycles. The number of hydrogen-bond acceptors (Lipinski definition) is 1. The van der Waals surface area contributed by atoms with Gasteiger partial charge in [0.2, 0.25) is 0 Å².